The van der Waals surface area contributed by atoms with Crippen LogP contribution in [-0.2, 0) is 6.61 Å². The number of halogens is 2. The van der Waals surface area contributed by atoms with Gasteiger partial charge in [-0.25, -0.2) is 9.37 Å². The van der Waals surface area contributed by atoms with E-state index in [1.807, 2.05) is 29.6 Å². The summed E-state index contributed by atoms with van der Waals surface area (Å²) in [5.74, 6) is -0.0667. The van der Waals surface area contributed by atoms with Crippen molar-refractivity contribution in [3.63, 3.8) is 0 Å². The van der Waals surface area contributed by atoms with Crippen LogP contribution in [0.4, 0.5) is 4.39 Å². The van der Waals surface area contributed by atoms with Crippen molar-refractivity contribution in [1.82, 2.24) is 4.98 Å². The van der Waals surface area contributed by atoms with Gasteiger partial charge in [-0.05, 0) is 42.0 Å². The minimum atomic E-state index is -0.546. The molecule has 0 radical (unpaired) electrons. The largest absolute Gasteiger partial charge is 0.487 e. The minimum Gasteiger partial charge on any atom is -0.487 e. The zero-order chi connectivity index (χ0) is 17.6. The van der Waals surface area contributed by atoms with Crippen LogP contribution in [0.15, 0.2) is 59.4 Å². The number of ketones is 1. The van der Waals surface area contributed by atoms with E-state index in [-0.39, 0.29) is 10.8 Å². The molecule has 3 aromatic rings. The Kier molecular flexibility index (Phi) is 5.58. The van der Waals surface area contributed by atoms with Gasteiger partial charge < -0.3 is 4.74 Å². The average Bonchev–Trinajstić information content (AvgIpc) is 3.14. The van der Waals surface area contributed by atoms with E-state index in [4.69, 9.17) is 16.3 Å². The Morgan fingerprint density at radius 3 is 2.72 bits per heavy atom. The highest BCUT2D eigenvalue weighted by molar-refractivity contribution is 7.07. The fraction of sp³-hybridized carbons (Fsp3) is 0.0526. The van der Waals surface area contributed by atoms with Crippen molar-refractivity contribution in [2.45, 2.75) is 6.61 Å². The second-order valence-corrected chi connectivity index (χ2v) is 6.29. The van der Waals surface area contributed by atoms with Crippen LogP contribution < -0.4 is 4.74 Å². The molecule has 3 nitrogen and oxygen atoms in total. The number of hydrogen-bond acceptors (Lipinski definition) is 4. The zero-order valence-electron chi connectivity index (χ0n) is 13.0. The summed E-state index contributed by atoms with van der Waals surface area (Å²) < 4.78 is 18.8. The van der Waals surface area contributed by atoms with Crippen molar-refractivity contribution in [2.24, 2.45) is 0 Å². The van der Waals surface area contributed by atoms with E-state index in [9.17, 15) is 9.18 Å². The molecular weight excluding hydrogens is 361 g/mol. The third-order valence-electron chi connectivity index (χ3n) is 3.38. The van der Waals surface area contributed by atoms with Crippen LogP contribution in [0.5, 0.6) is 5.75 Å². The first-order valence-electron chi connectivity index (χ1n) is 7.39. The number of benzene rings is 2. The van der Waals surface area contributed by atoms with Crippen LogP contribution in [0, 0.1) is 5.82 Å². The Morgan fingerprint density at radius 2 is 2.04 bits per heavy atom. The third-order valence-corrected chi connectivity index (χ3v) is 4.31. The second kappa shape index (κ2) is 8.05. The smallest absolute Gasteiger partial charge is 0.185 e. The van der Waals surface area contributed by atoms with Gasteiger partial charge in [0.2, 0.25) is 0 Å². The van der Waals surface area contributed by atoms with E-state index in [1.54, 1.807) is 11.6 Å². The first-order chi connectivity index (χ1) is 12.1. The quantitative estimate of drug-likeness (QED) is 0.428. The van der Waals surface area contributed by atoms with Gasteiger partial charge in [-0.2, -0.15) is 0 Å². The van der Waals surface area contributed by atoms with Crippen LogP contribution in [0.25, 0.3) is 6.08 Å². The molecular formula is C19H13ClFNO2S. The molecule has 3 rings (SSSR count). The van der Waals surface area contributed by atoms with Crippen molar-refractivity contribution < 1.29 is 13.9 Å². The Labute approximate surface area is 153 Å². The van der Waals surface area contributed by atoms with Crippen molar-refractivity contribution in [1.29, 1.82) is 0 Å². The number of aromatic nitrogens is 1. The lowest BCUT2D eigenvalue weighted by Crippen LogP contribution is -1.95. The number of carbonyl (C=O) groups excluding carboxylic acids is 1. The normalized spacial score (nSPS) is 11.0. The van der Waals surface area contributed by atoms with Crippen molar-refractivity contribution in [3.05, 3.63) is 87.1 Å². The molecule has 0 bridgehead atoms. The monoisotopic (exact) mass is 373 g/mol. The van der Waals surface area contributed by atoms with E-state index < -0.39 is 5.82 Å². The number of allylic oxidation sites excluding steroid dienone is 1. The maximum absolute atomic E-state index is 13.1. The van der Waals surface area contributed by atoms with Crippen LogP contribution in [0.3, 0.4) is 0 Å². The van der Waals surface area contributed by atoms with E-state index in [0.717, 1.165) is 17.0 Å². The highest BCUT2D eigenvalue weighted by Crippen LogP contribution is 2.18. The first-order valence-corrected chi connectivity index (χ1v) is 8.71. The first kappa shape index (κ1) is 17.3. The lowest BCUT2D eigenvalue weighted by Gasteiger charge is -2.04. The standard InChI is InChI=1S/C19H13ClFNO2S/c20-17-9-14(4-7-18(17)21)19(23)8-3-13-1-5-16(6-2-13)24-10-15-11-25-12-22-15/h1-9,11-12H,10H2/b8-3-. The van der Waals surface area contributed by atoms with Gasteiger partial charge in [0.15, 0.2) is 5.78 Å². The summed E-state index contributed by atoms with van der Waals surface area (Å²) in [4.78, 5) is 16.2. The highest BCUT2D eigenvalue weighted by Gasteiger charge is 2.06. The molecule has 0 aliphatic heterocycles. The molecule has 126 valence electrons. The van der Waals surface area contributed by atoms with Gasteiger partial charge in [0, 0.05) is 10.9 Å². The molecule has 0 atom stereocenters. The molecule has 0 fully saturated rings. The fourth-order valence-electron chi connectivity index (χ4n) is 2.06. The summed E-state index contributed by atoms with van der Waals surface area (Å²) in [5.41, 5.74) is 3.84. The molecule has 0 saturated heterocycles. The van der Waals surface area contributed by atoms with Gasteiger partial charge in [0.1, 0.15) is 18.2 Å². The van der Waals surface area contributed by atoms with Crippen molar-refractivity contribution >= 4 is 34.8 Å². The summed E-state index contributed by atoms with van der Waals surface area (Å²) in [6.07, 6.45) is 3.11. The van der Waals surface area contributed by atoms with Gasteiger partial charge in [0.05, 0.1) is 16.2 Å². The molecule has 0 amide bonds. The average molecular weight is 374 g/mol. The van der Waals surface area contributed by atoms with Crippen LogP contribution in [-0.4, -0.2) is 10.8 Å². The Hall–Kier alpha value is -2.50. The third kappa shape index (κ3) is 4.75. The fourth-order valence-corrected chi connectivity index (χ4v) is 2.78. The molecule has 0 aliphatic carbocycles. The Balaban J connectivity index is 1.61. The van der Waals surface area contributed by atoms with Gasteiger partial charge in [-0.3, -0.25) is 4.79 Å². The summed E-state index contributed by atoms with van der Waals surface area (Å²) in [6, 6.07) is 11.2. The molecule has 0 spiro atoms. The molecule has 1 heterocycles. The Bertz CT molecular complexity index is 892. The molecule has 6 heteroatoms. The number of hydrogen-bond donors (Lipinski definition) is 0. The van der Waals surface area contributed by atoms with Gasteiger partial charge >= 0.3 is 0 Å². The molecule has 0 unspecified atom stereocenters. The maximum atomic E-state index is 13.1. The summed E-state index contributed by atoms with van der Waals surface area (Å²) >= 11 is 7.22. The van der Waals surface area contributed by atoms with Crippen LogP contribution >= 0.6 is 22.9 Å². The highest BCUT2D eigenvalue weighted by atomic mass is 35.5. The van der Waals surface area contributed by atoms with Crippen LogP contribution in [0.1, 0.15) is 21.6 Å². The van der Waals surface area contributed by atoms with E-state index in [0.29, 0.717) is 12.2 Å². The van der Waals surface area contributed by atoms with E-state index >= 15 is 0 Å². The minimum absolute atomic E-state index is 0.0686. The van der Waals surface area contributed by atoms with Crippen molar-refractivity contribution in [2.75, 3.05) is 0 Å². The number of carbonyl (C=O) groups is 1. The molecule has 1 aromatic heterocycles. The SMILES string of the molecule is O=C(/C=C\c1ccc(OCc2cscn2)cc1)c1ccc(F)c(Cl)c1. The lowest BCUT2D eigenvalue weighted by atomic mass is 10.1. The zero-order valence-corrected chi connectivity index (χ0v) is 14.6. The van der Waals surface area contributed by atoms with E-state index in [2.05, 4.69) is 4.98 Å². The summed E-state index contributed by atoms with van der Waals surface area (Å²) in [7, 11) is 0. The number of thiazole rings is 1. The predicted molar refractivity (Wildman–Crippen MR) is 97.7 cm³/mol. The summed E-state index contributed by atoms with van der Waals surface area (Å²) in [5, 5.41) is 1.87. The maximum Gasteiger partial charge on any atom is 0.185 e. The number of ether oxygens (including phenoxy) is 1. The second-order valence-electron chi connectivity index (χ2n) is 5.16. The molecule has 25 heavy (non-hydrogen) atoms. The molecule has 0 saturated carbocycles. The molecule has 2 aromatic carbocycles. The van der Waals surface area contributed by atoms with E-state index in [1.165, 1.54) is 35.6 Å². The predicted octanol–water partition coefficient (Wildman–Crippen LogP) is 5.41. The number of rotatable bonds is 6. The topological polar surface area (TPSA) is 39.2 Å². The van der Waals surface area contributed by atoms with Crippen molar-refractivity contribution in [3.8, 4) is 5.75 Å². The van der Waals surface area contributed by atoms with Crippen LogP contribution in [0.2, 0.25) is 5.02 Å². The lowest BCUT2D eigenvalue weighted by molar-refractivity contribution is 0.104. The molecule has 0 aliphatic rings. The van der Waals surface area contributed by atoms with Gasteiger partial charge in [0.25, 0.3) is 0 Å². The van der Waals surface area contributed by atoms with Gasteiger partial charge in [-0.15, -0.1) is 11.3 Å². The summed E-state index contributed by atoms with van der Waals surface area (Å²) in [6.45, 7) is 0.419. The Morgan fingerprint density at radius 1 is 1.24 bits per heavy atom. The molecule has 0 N–H and O–H groups in total. The van der Waals surface area contributed by atoms with Gasteiger partial charge in [-0.1, -0.05) is 29.8 Å². The number of nitrogens with zero attached hydrogens (tertiary/aromatic N) is 1.